The molecule has 0 atom stereocenters. The minimum Gasteiger partial charge on any atom is -0.490 e. The lowest BCUT2D eigenvalue weighted by molar-refractivity contribution is 0.0729. The van der Waals surface area contributed by atoms with Crippen LogP contribution in [0.2, 0.25) is 0 Å². The van der Waals surface area contributed by atoms with Gasteiger partial charge in [0, 0.05) is 20.2 Å². The monoisotopic (exact) mass is 360 g/mol. The maximum Gasteiger partial charge on any atom is 0.259 e. The molecule has 0 saturated heterocycles. The van der Waals surface area contributed by atoms with E-state index in [1.807, 2.05) is 26.0 Å². The zero-order valence-corrected chi connectivity index (χ0v) is 15.4. The van der Waals surface area contributed by atoms with Crippen LogP contribution >= 0.6 is 0 Å². The molecule has 3 rings (SSSR count). The predicted octanol–water partition coefficient (Wildman–Crippen LogP) is 2.82. The highest BCUT2D eigenvalue weighted by Crippen LogP contribution is 2.34. The summed E-state index contributed by atoms with van der Waals surface area (Å²) in [5.74, 6) is 1.37. The molecule has 2 heterocycles. The average molecular weight is 360 g/mol. The number of carbonyl (C=O) groups is 1. The summed E-state index contributed by atoms with van der Waals surface area (Å²) >= 11 is 0. The molecule has 7 heteroatoms. The number of carbonyl (C=O) groups excluding carboxylic acids is 1. The van der Waals surface area contributed by atoms with E-state index in [0.29, 0.717) is 43.3 Å². The third kappa shape index (κ3) is 3.67. The van der Waals surface area contributed by atoms with Crippen LogP contribution < -0.4 is 9.47 Å². The molecule has 1 aliphatic rings. The zero-order chi connectivity index (χ0) is 18.5. The van der Waals surface area contributed by atoms with E-state index in [-0.39, 0.29) is 12.5 Å². The fraction of sp³-hybridized carbons (Fsp3) is 0.474. The van der Waals surface area contributed by atoms with Crippen LogP contribution in [0.1, 0.15) is 41.0 Å². The van der Waals surface area contributed by atoms with Crippen molar-refractivity contribution in [1.82, 2.24) is 10.1 Å². The van der Waals surface area contributed by atoms with E-state index in [1.54, 1.807) is 12.0 Å². The highest BCUT2D eigenvalue weighted by Gasteiger charge is 2.26. The lowest BCUT2D eigenvalue weighted by Gasteiger charge is -2.29. The normalized spacial score (nSPS) is 13.4. The van der Waals surface area contributed by atoms with Gasteiger partial charge < -0.3 is 23.6 Å². The van der Waals surface area contributed by atoms with Crippen LogP contribution in [0, 0.1) is 0 Å². The first-order chi connectivity index (χ1) is 12.7. The summed E-state index contributed by atoms with van der Waals surface area (Å²) in [7, 11) is 1.56. The van der Waals surface area contributed by atoms with E-state index in [0.717, 1.165) is 17.7 Å². The number of benzene rings is 1. The fourth-order valence-corrected chi connectivity index (χ4v) is 3.12. The smallest absolute Gasteiger partial charge is 0.259 e. The number of hydrogen-bond acceptors (Lipinski definition) is 6. The van der Waals surface area contributed by atoms with Crippen molar-refractivity contribution in [2.45, 2.75) is 33.4 Å². The molecule has 0 saturated carbocycles. The summed E-state index contributed by atoms with van der Waals surface area (Å²) in [6.45, 7) is 6.41. The Morgan fingerprint density at radius 3 is 2.54 bits per heavy atom. The van der Waals surface area contributed by atoms with Gasteiger partial charge in [0.05, 0.1) is 19.8 Å². The SMILES string of the molecule is CCOc1cc2c(cc1OCC)CN(C(=O)c1conc1COC)CC2. The third-order valence-electron chi connectivity index (χ3n) is 4.32. The van der Waals surface area contributed by atoms with Crippen molar-refractivity contribution in [1.29, 1.82) is 0 Å². The van der Waals surface area contributed by atoms with Crippen molar-refractivity contribution in [3.8, 4) is 11.5 Å². The second kappa shape index (κ2) is 8.23. The zero-order valence-electron chi connectivity index (χ0n) is 15.4. The molecule has 7 nitrogen and oxygen atoms in total. The van der Waals surface area contributed by atoms with Gasteiger partial charge in [0.1, 0.15) is 17.5 Å². The highest BCUT2D eigenvalue weighted by atomic mass is 16.5. The molecule has 0 unspecified atom stereocenters. The summed E-state index contributed by atoms with van der Waals surface area (Å²) in [4.78, 5) is 14.7. The molecule has 1 amide bonds. The van der Waals surface area contributed by atoms with Crippen molar-refractivity contribution < 1.29 is 23.5 Å². The molecule has 1 aromatic carbocycles. The first-order valence-corrected chi connectivity index (χ1v) is 8.80. The Morgan fingerprint density at radius 1 is 1.19 bits per heavy atom. The molecular formula is C19H24N2O5. The van der Waals surface area contributed by atoms with Gasteiger partial charge in [0.25, 0.3) is 5.91 Å². The first-order valence-electron chi connectivity index (χ1n) is 8.80. The Kier molecular flexibility index (Phi) is 5.78. The molecule has 0 N–H and O–H groups in total. The summed E-state index contributed by atoms with van der Waals surface area (Å²) < 4.78 is 21.4. The van der Waals surface area contributed by atoms with Crippen LogP contribution in [0.25, 0.3) is 0 Å². The molecule has 0 radical (unpaired) electrons. The fourth-order valence-electron chi connectivity index (χ4n) is 3.12. The number of hydrogen-bond donors (Lipinski definition) is 0. The number of aromatic nitrogens is 1. The number of fused-ring (bicyclic) bond motifs is 1. The Morgan fingerprint density at radius 2 is 1.88 bits per heavy atom. The average Bonchev–Trinajstić information content (AvgIpc) is 3.10. The molecular weight excluding hydrogens is 336 g/mol. The van der Waals surface area contributed by atoms with Crippen LogP contribution in [0.5, 0.6) is 11.5 Å². The van der Waals surface area contributed by atoms with Crippen LogP contribution in [-0.4, -0.2) is 42.8 Å². The minimum atomic E-state index is -0.101. The second-order valence-electron chi connectivity index (χ2n) is 6.02. The van der Waals surface area contributed by atoms with Gasteiger partial charge in [-0.2, -0.15) is 0 Å². The van der Waals surface area contributed by atoms with Gasteiger partial charge in [-0.25, -0.2) is 0 Å². The number of methoxy groups -OCH3 is 1. The van der Waals surface area contributed by atoms with Gasteiger partial charge in [-0.3, -0.25) is 4.79 Å². The maximum atomic E-state index is 12.9. The van der Waals surface area contributed by atoms with Crippen molar-refractivity contribution in [3.05, 3.63) is 40.8 Å². The minimum absolute atomic E-state index is 0.101. The van der Waals surface area contributed by atoms with Crippen LogP contribution in [-0.2, 0) is 24.3 Å². The van der Waals surface area contributed by atoms with Gasteiger partial charge in [0.2, 0.25) is 0 Å². The van der Waals surface area contributed by atoms with E-state index < -0.39 is 0 Å². The molecule has 140 valence electrons. The Bertz CT molecular complexity index is 771. The Labute approximate surface area is 152 Å². The van der Waals surface area contributed by atoms with E-state index in [4.69, 9.17) is 18.7 Å². The quantitative estimate of drug-likeness (QED) is 0.756. The van der Waals surface area contributed by atoms with Crippen molar-refractivity contribution in [3.63, 3.8) is 0 Å². The van der Waals surface area contributed by atoms with Gasteiger partial charge in [-0.15, -0.1) is 0 Å². The van der Waals surface area contributed by atoms with Gasteiger partial charge in [0.15, 0.2) is 11.5 Å². The number of ether oxygens (including phenoxy) is 3. The van der Waals surface area contributed by atoms with Crippen LogP contribution in [0.4, 0.5) is 0 Å². The van der Waals surface area contributed by atoms with E-state index >= 15 is 0 Å². The second-order valence-corrected chi connectivity index (χ2v) is 6.02. The van der Waals surface area contributed by atoms with E-state index in [2.05, 4.69) is 5.16 Å². The maximum absolute atomic E-state index is 12.9. The Hall–Kier alpha value is -2.54. The summed E-state index contributed by atoms with van der Waals surface area (Å²) in [6, 6.07) is 4.01. The van der Waals surface area contributed by atoms with Crippen LogP contribution in [0.3, 0.4) is 0 Å². The molecule has 0 aliphatic carbocycles. The Balaban J connectivity index is 1.83. The molecule has 1 aliphatic heterocycles. The molecule has 26 heavy (non-hydrogen) atoms. The highest BCUT2D eigenvalue weighted by molar-refractivity contribution is 5.95. The van der Waals surface area contributed by atoms with Gasteiger partial charge >= 0.3 is 0 Å². The number of rotatable bonds is 7. The predicted molar refractivity (Wildman–Crippen MR) is 94.4 cm³/mol. The number of nitrogens with zero attached hydrogens (tertiary/aromatic N) is 2. The lowest BCUT2D eigenvalue weighted by atomic mass is 9.98. The van der Waals surface area contributed by atoms with Crippen molar-refractivity contribution in [2.24, 2.45) is 0 Å². The molecule has 1 aromatic heterocycles. The molecule has 0 spiro atoms. The first kappa shape index (κ1) is 18.3. The third-order valence-corrected chi connectivity index (χ3v) is 4.32. The summed E-state index contributed by atoms with van der Waals surface area (Å²) in [5.41, 5.74) is 3.22. The van der Waals surface area contributed by atoms with E-state index in [9.17, 15) is 4.79 Å². The standard InChI is InChI=1S/C19H24N2O5/c1-4-24-17-8-13-6-7-21(10-14(13)9-18(17)25-5-2)19(22)15-11-26-20-16(15)12-23-3/h8-9,11H,4-7,10,12H2,1-3H3. The number of amides is 1. The topological polar surface area (TPSA) is 74.0 Å². The van der Waals surface area contributed by atoms with Crippen molar-refractivity contribution in [2.75, 3.05) is 26.9 Å². The van der Waals surface area contributed by atoms with Crippen molar-refractivity contribution >= 4 is 5.91 Å². The lowest BCUT2D eigenvalue weighted by Crippen LogP contribution is -2.36. The van der Waals surface area contributed by atoms with Gasteiger partial charge in [-0.05, 0) is 43.5 Å². The van der Waals surface area contributed by atoms with E-state index in [1.165, 1.54) is 11.8 Å². The molecule has 0 fully saturated rings. The van der Waals surface area contributed by atoms with Gasteiger partial charge in [-0.1, -0.05) is 5.16 Å². The largest absolute Gasteiger partial charge is 0.490 e. The summed E-state index contributed by atoms with van der Waals surface area (Å²) in [5, 5.41) is 3.85. The summed E-state index contributed by atoms with van der Waals surface area (Å²) in [6.07, 6.45) is 2.15. The molecule has 0 bridgehead atoms. The van der Waals surface area contributed by atoms with Crippen LogP contribution in [0.15, 0.2) is 22.9 Å². The molecule has 2 aromatic rings.